The highest BCUT2D eigenvalue weighted by atomic mass is 16.5. The largest absolute Gasteiger partial charge is 0.393 e. The Hall–Kier alpha value is -0.0800. The van der Waals surface area contributed by atoms with E-state index in [2.05, 4.69) is 27.7 Å². The second-order valence-electron chi connectivity index (χ2n) is 8.35. The Morgan fingerprint density at radius 1 is 0.944 bits per heavy atom. The van der Waals surface area contributed by atoms with Gasteiger partial charge in [0.25, 0.3) is 0 Å². The van der Waals surface area contributed by atoms with Crippen LogP contribution in [0.15, 0.2) is 0 Å². The van der Waals surface area contributed by atoms with Gasteiger partial charge in [-0.3, -0.25) is 0 Å². The second kappa shape index (κ2) is 3.32. The van der Waals surface area contributed by atoms with Crippen molar-refractivity contribution in [1.82, 2.24) is 0 Å². The number of aliphatic hydroxyl groups is 1. The molecule has 2 nitrogen and oxygen atoms in total. The van der Waals surface area contributed by atoms with E-state index in [1.54, 1.807) is 0 Å². The molecule has 18 heavy (non-hydrogen) atoms. The van der Waals surface area contributed by atoms with Crippen LogP contribution in [0.25, 0.3) is 0 Å². The van der Waals surface area contributed by atoms with Crippen LogP contribution in [0.2, 0.25) is 0 Å². The van der Waals surface area contributed by atoms with E-state index in [0.717, 1.165) is 41.9 Å². The lowest BCUT2D eigenvalue weighted by Gasteiger charge is -2.30. The van der Waals surface area contributed by atoms with Gasteiger partial charge in [-0.05, 0) is 75.0 Å². The molecule has 5 fully saturated rings. The summed E-state index contributed by atoms with van der Waals surface area (Å²) in [6.07, 6.45) is 2.74. The summed E-state index contributed by atoms with van der Waals surface area (Å²) in [4.78, 5) is 0. The number of hydrogen-bond donors (Lipinski definition) is 1. The molecule has 5 aliphatic rings. The van der Waals surface area contributed by atoms with Crippen LogP contribution in [-0.2, 0) is 4.74 Å². The van der Waals surface area contributed by atoms with Crippen molar-refractivity contribution in [3.63, 3.8) is 0 Å². The monoisotopic (exact) mass is 250 g/mol. The first-order chi connectivity index (χ1) is 8.38. The fraction of sp³-hybridized carbons (Fsp3) is 1.00. The molecule has 1 N–H and O–H groups in total. The molecule has 0 aliphatic heterocycles. The maximum absolute atomic E-state index is 10.2. The lowest BCUT2D eigenvalue weighted by atomic mass is 9.88. The summed E-state index contributed by atoms with van der Waals surface area (Å²) in [5.74, 6) is 5.63. The fourth-order valence-corrected chi connectivity index (χ4v) is 5.83. The maximum atomic E-state index is 10.2. The van der Waals surface area contributed by atoms with Crippen molar-refractivity contribution >= 4 is 0 Å². The van der Waals surface area contributed by atoms with Crippen molar-refractivity contribution in [1.29, 1.82) is 0 Å². The average molecular weight is 250 g/mol. The molecular formula is C16H26O2. The summed E-state index contributed by atoms with van der Waals surface area (Å²) in [7, 11) is 0. The minimum absolute atomic E-state index is 0.0112. The molecule has 5 rings (SSSR count). The molecule has 0 aromatic heterocycles. The zero-order valence-electron chi connectivity index (χ0n) is 12.0. The predicted molar refractivity (Wildman–Crippen MR) is 70.0 cm³/mol. The van der Waals surface area contributed by atoms with Crippen LogP contribution < -0.4 is 0 Å². The zero-order valence-corrected chi connectivity index (χ0v) is 12.0. The van der Waals surface area contributed by atoms with Crippen LogP contribution in [0.5, 0.6) is 0 Å². The smallest absolute Gasteiger partial charge is 0.0649 e. The molecule has 0 unspecified atom stereocenters. The minimum atomic E-state index is -0.0573. The van der Waals surface area contributed by atoms with Crippen molar-refractivity contribution in [3.8, 4) is 0 Å². The molecule has 0 spiro atoms. The maximum Gasteiger partial charge on any atom is 0.0649 e. The Balaban J connectivity index is 1.61. The molecule has 6 bridgehead atoms. The molecular weight excluding hydrogens is 224 g/mol. The quantitative estimate of drug-likeness (QED) is 0.775. The predicted octanol–water partition coefficient (Wildman–Crippen LogP) is 2.70. The molecule has 102 valence electrons. The average Bonchev–Trinajstić information content (AvgIpc) is 2.71. The van der Waals surface area contributed by atoms with Crippen LogP contribution in [0.4, 0.5) is 0 Å². The van der Waals surface area contributed by atoms with E-state index in [1.165, 1.54) is 6.42 Å². The molecule has 0 aromatic rings. The van der Waals surface area contributed by atoms with Gasteiger partial charge in [-0.2, -0.15) is 0 Å². The van der Waals surface area contributed by atoms with E-state index in [1.807, 2.05) is 0 Å². The third-order valence-corrected chi connectivity index (χ3v) is 6.23. The van der Waals surface area contributed by atoms with Gasteiger partial charge in [-0.1, -0.05) is 6.92 Å². The topological polar surface area (TPSA) is 29.5 Å². The zero-order chi connectivity index (χ0) is 12.8. The van der Waals surface area contributed by atoms with Gasteiger partial charge in [0.15, 0.2) is 0 Å². The Labute approximate surface area is 110 Å². The highest BCUT2D eigenvalue weighted by molar-refractivity contribution is 5.26. The Bertz CT molecular complexity index is 348. The summed E-state index contributed by atoms with van der Waals surface area (Å²) in [5.41, 5.74) is -0.0112. The summed E-state index contributed by atoms with van der Waals surface area (Å²) in [6.45, 7) is 8.78. The standard InChI is InChI=1S/C16H26O2/c1-7-5-8-11-9(6-10(7)17)13-12(8)14(13)15(11)18-16(2,3)4/h7-15,17H,5-6H2,1-4H3/t7-,8+,9-,10-,11+,12-,13+,14-,15+/m0/s1. The van der Waals surface area contributed by atoms with E-state index in [4.69, 9.17) is 4.74 Å². The van der Waals surface area contributed by atoms with Gasteiger partial charge in [0.1, 0.15) is 0 Å². The highest BCUT2D eigenvalue weighted by Gasteiger charge is 2.78. The Morgan fingerprint density at radius 3 is 2.17 bits per heavy atom. The van der Waals surface area contributed by atoms with E-state index < -0.39 is 0 Å². The van der Waals surface area contributed by atoms with Crippen molar-refractivity contribution in [2.24, 2.45) is 41.4 Å². The van der Waals surface area contributed by atoms with Gasteiger partial charge in [-0.15, -0.1) is 0 Å². The number of aliphatic hydroxyl groups excluding tert-OH is 1. The normalized spacial score (nSPS) is 60.8. The van der Waals surface area contributed by atoms with Crippen molar-refractivity contribution in [3.05, 3.63) is 0 Å². The molecule has 5 saturated carbocycles. The SMILES string of the molecule is C[C@H]1C[C@@H]2[C@@H]3[C@H](C[C@@H]1O)[C@@H]1[C@H]2[C@@H]1[C@@H]3OC(C)(C)C. The summed E-state index contributed by atoms with van der Waals surface area (Å²) in [6, 6.07) is 0. The molecule has 2 heteroatoms. The molecule has 0 aromatic carbocycles. The first kappa shape index (κ1) is 11.7. The summed E-state index contributed by atoms with van der Waals surface area (Å²) in [5, 5.41) is 10.2. The molecule has 0 radical (unpaired) electrons. The van der Waals surface area contributed by atoms with Gasteiger partial charge in [0.2, 0.25) is 0 Å². The van der Waals surface area contributed by atoms with Gasteiger partial charge in [0.05, 0.1) is 17.8 Å². The van der Waals surface area contributed by atoms with Crippen molar-refractivity contribution in [2.75, 3.05) is 0 Å². The third-order valence-electron chi connectivity index (χ3n) is 6.23. The Kier molecular flexibility index (Phi) is 2.16. The lowest BCUT2D eigenvalue weighted by molar-refractivity contribution is -0.0834. The van der Waals surface area contributed by atoms with Gasteiger partial charge < -0.3 is 9.84 Å². The fourth-order valence-electron chi connectivity index (χ4n) is 5.83. The van der Waals surface area contributed by atoms with E-state index in [-0.39, 0.29) is 11.7 Å². The second-order valence-corrected chi connectivity index (χ2v) is 8.35. The molecule has 0 saturated heterocycles. The van der Waals surface area contributed by atoms with Gasteiger partial charge in [0, 0.05) is 0 Å². The number of rotatable bonds is 1. The highest BCUT2D eigenvalue weighted by Crippen LogP contribution is 2.79. The van der Waals surface area contributed by atoms with Crippen LogP contribution in [0, 0.1) is 41.4 Å². The Morgan fingerprint density at radius 2 is 1.56 bits per heavy atom. The van der Waals surface area contributed by atoms with E-state index in [9.17, 15) is 5.11 Å². The molecule has 0 amide bonds. The van der Waals surface area contributed by atoms with Crippen LogP contribution in [0.1, 0.15) is 40.5 Å². The van der Waals surface area contributed by atoms with Crippen LogP contribution in [-0.4, -0.2) is 22.9 Å². The molecule has 0 heterocycles. The van der Waals surface area contributed by atoms with E-state index in [0.29, 0.717) is 12.0 Å². The number of ether oxygens (including phenoxy) is 1. The summed E-state index contributed by atoms with van der Waals surface area (Å²) < 4.78 is 6.39. The van der Waals surface area contributed by atoms with Crippen LogP contribution >= 0.6 is 0 Å². The van der Waals surface area contributed by atoms with Crippen molar-refractivity contribution < 1.29 is 9.84 Å². The number of hydrogen-bond acceptors (Lipinski definition) is 2. The minimum Gasteiger partial charge on any atom is -0.393 e. The van der Waals surface area contributed by atoms with Gasteiger partial charge in [-0.25, -0.2) is 0 Å². The lowest BCUT2D eigenvalue weighted by Crippen LogP contribution is -2.32. The molecule has 5 aliphatic carbocycles. The molecule has 9 atom stereocenters. The van der Waals surface area contributed by atoms with E-state index >= 15 is 0 Å². The van der Waals surface area contributed by atoms with Gasteiger partial charge >= 0.3 is 0 Å². The first-order valence-electron chi connectivity index (χ1n) is 7.74. The third kappa shape index (κ3) is 1.37. The van der Waals surface area contributed by atoms with Crippen LogP contribution in [0.3, 0.4) is 0 Å². The summed E-state index contributed by atoms with van der Waals surface area (Å²) >= 11 is 0. The first-order valence-corrected chi connectivity index (χ1v) is 7.74. The van der Waals surface area contributed by atoms with Crippen molar-refractivity contribution in [2.45, 2.75) is 58.3 Å².